The number of aliphatic hydroxyl groups is 1. The zero-order chi connectivity index (χ0) is 13.5. The molecule has 0 radical (unpaired) electrons. The standard InChI is InChI=1S/C12H23ClO3Si/c1-15-12(16-2)10(11(14)9-13)7-6-8-17(3,4)5/h10-12,14H,7,9H2,1-5H3/t10-,11-/m0/s1. The van der Waals surface area contributed by atoms with Crippen LogP contribution in [0.25, 0.3) is 0 Å². The molecule has 3 nitrogen and oxygen atoms in total. The molecular formula is C12H23ClO3Si. The third-order valence-electron chi connectivity index (χ3n) is 2.27. The molecule has 0 fully saturated rings. The molecule has 2 atom stereocenters. The van der Waals surface area contributed by atoms with Gasteiger partial charge in [0.15, 0.2) is 6.29 Å². The first kappa shape index (κ1) is 16.9. The van der Waals surface area contributed by atoms with Gasteiger partial charge in [-0.15, -0.1) is 23.1 Å². The van der Waals surface area contributed by atoms with E-state index in [4.69, 9.17) is 21.1 Å². The number of hydrogen-bond acceptors (Lipinski definition) is 3. The maximum atomic E-state index is 9.83. The molecule has 0 aromatic heterocycles. The van der Waals surface area contributed by atoms with Crippen LogP contribution in [0.3, 0.4) is 0 Å². The highest BCUT2D eigenvalue weighted by molar-refractivity contribution is 6.83. The van der Waals surface area contributed by atoms with E-state index in [1.807, 2.05) is 0 Å². The minimum atomic E-state index is -1.38. The van der Waals surface area contributed by atoms with Gasteiger partial charge in [-0.1, -0.05) is 19.6 Å². The summed E-state index contributed by atoms with van der Waals surface area (Å²) in [4.78, 5) is 0. The second-order valence-electron chi connectivity index (χ2n) is 4.98. The van der Waals surface area contributed by atoms with Crippen molar-refractivity contribution in [3.63, 3.8) is 0 Å². The fourth-order valence-corrected chi connectivity index (χ4v) is 2.27. The van der Waals surface area contributed by atoms with Gasteiger partial charge in [-0.05, 0) is 0 Å². The van der Waals surface area contributed by atoms with Crippen LogP contribution >= 0.6 is 11.6 Å². The summed E-state index contributed by atoms with van der Waals surface area (Å²) in [5.41, 5.74) is 3.26. The molecule has 0 spiro atoms. The summed E-state index contributed by atoms with van der Waals surface area (Å²) in [6, 6.07) is 0. The van der Waals surface area contributed by atoms with E-state index in [0.717, 1.165) is 0 Å². The van der Waals surface area contributed by atoms with E-state index in [1.54, 1.807) is 14.2 Å². The van der Waals surface area contributed by atoms with E-state index in [1.165, 1.54) is 0 Å². The predicted octanol–water partition coefficient (Wildman–Crippen LogP) is 2.09. The maximum Gasteiger partial charge on any atom is 0.163 e. The van der Waals surface area contributed by atoms with Crippen LogP contribution < -0.4 is 0 Å². The zero-order valence-electron chi connectivity index (χ0n) is 11.3. The number of ether oxygens (including phenoxy) is 2. The third kappa shape index (κ3) is 7.07. The van der Waals surface area contributed by atoms with Gasteiger partial charge in [0.2, 0.25) is 0 Å². The van der Waals surface area contributed by atoms with E-state index >= 15 is 0 Å². The van der Waals surface area contributed by atoms with Crippen LogP contribution in [0, 0.1) is 17.4 Å². The summed E-state index contributed by atoms with van der Waals surface area (Å²) in [6.07, 6.45) is -0.609. The Labute approximate surface area is 110 Å². The van der Waals surface area contributed by atoms with Gasteiger partial charge in [0, 0.05) is 32.4 Å². The fourth-order valence-electron chi connectivity index (χ4n) is 1.41. The van der Waals surface area contributed by atoms with Gasteiger partial charge < -0.3 is 14.6 Å². The highest BCUT2D eigenvalue weighted by atomic mass is 35.5. The molecule has 0 saturated carbocycles. The quantitative estimate of drug-likeness (QED) is 0.350. The lowest BCUT2D eigenvalue weighted by atomic mass is 9.99. The van der Waals surface area contributed by atoms with Gasteiger partial charge in [-0.2, -0.15) is 0 Å². The van der Waals surface area contributed by atoms with Gasteiger partial charge in [-0.3, -0.25) is 0 Å². The van der Waals surface area contributed by atoms with Gasteiger partial charge in [0.05, 0.1) is 6.10 Å². The Morgan fingerprint density at radius 2 is 1.76 bits per heavy atom. The van der Waals surface area contributed by atoms with Crippen molar-refractivity contribution in [2.24, 2.45) is 5.92 Å². The second kappa shape index (κ2) is 8.12. The van der Waals surface area contributed by atoms with E-state index in [-0.39, 0.29) is 11.8 Å². The Morgan fingerprint density at radius 3 is 2.12 bits per heavy atom. The number of aliphatic hydroxyl groups excluding tert-OH is 1. The summed E-state index contributed by atoms with van der Waals surface area (Å²) in [6.45, 7) is 6.53. The van der Waals surface area contributed by atoms with Gasteiger partial charge in [0.1, 0.15) is 8.07 Å². The molecule has 0 aliphatic rings. The van der Waals surface area contributed by atoms with Crippen molar-refractivity contribution in [2.75, 3.05) is 20.1 Å². The Kier molecular flexibility index (Phi) is 8.09. The molecule has 0 bridgehead atoms. The molecule has 0 aromatic rings. The van der Waals surface area contributed by atoms with Gasteiger partial charge >= 0.3 is 0 Å². The van der Waals surface area contributed by atoms with Crippen molar-refractivity contribution in [3.05, 3.63) is 0 Å². The van der Waals surface area contributed by atoms with Crippen molar-refractivity contribution in [1.82, 2.24) is 0 Å². The zero-order valence-corrected chi connectivity index (χ0v) is 13.0. The second-order valence-corrected chi connectivity index (χ2v) is 10.0. The molecule has 0 aliphatic carbocycles. The fraction of sp³-hybridized carbons (Fsp3) is 0.833. The van der Waals surface area contributed by atoms with Crippen LogP contribution in [-0.4, -0.2) is 45.7 Å². The molecule has 0 amide bonds. The molecule has 0 unspecified atom stereocenters. The average molecular weight is 279 g/mol. The van der Waals surface area contributed by atoms with E-state index in [2.05, 4.69) is 31.1 Å². The Hall–Kier alpha value is -0.0531. The van der Waals surface area contributed by atoms with Crippen molar-refractivity contribution in [3.8, 4) is 11.5 Å². The molecule has 17 heavy (non-hydrogen) atoms. The molecule has 0 rings (SSSR count). The van der Waals surface area contributed by atoms with E-state index in [9.17, 15) is 5.11 Å². The normalized spacial score (nSPS) is 15.3. The largest absolute Gasteiger partial charge is 0.391 e. The van der Waals surface area contributed by atoms with Crippen LogP contribution in [0.15, 0.2) is 0 Å². The molecule has 5 heteroatoms. The smallest absolute Gasteiger partial charge is 0.163 e. The molecule has 0 aliphatic heterocycles. The number of hydrogen-bond donors (Lipinski definition) is 1. The predicted molar refractivity (Wildman–Crippen MR) is 73.8 cm³/mol. The first-order valence-corrected chi connectivity index (χ1v) is 9.68. The molecule has 0 saturated heterocycles. The summed E-state index contributed by atoms with van der Waals surface area (Å²) in [5, 5.41) is 9.83. The lowest BCUT2D eigenvalue weighted by Crippen LogP contribution is -2.35. The summed E-state index contributed by atoms with van der Waals surface area (Å²) < 4.78 is 10.3. The van der Waals surface area contributed by atoms with Crippen LogP contribution in [0.4, 0.5) is 0 Å². The van der Waals surface area contributed by atoms with Gasteiger partial charge in [-0.25, -0.2) is 0 Å². The molecule has 0 heterocycles. The Morgan fingerprint density at radius 1 is 1.24 bits per heavy atom. The molecule has 1 N–H and O–H groups in total. The Bertz CT molecular complexity index is 263. The van der Waals surface area contributed by atoms with Crippen LogP contribution in [0.5, 0.6) is 0 Å². The lowest BCUT2D eigenvalue weighted by molar-refractivity contribution is -0.156. The van der Waals surface area contributed by atoms with E-state index < -0.39 is 20.5 Å². The van der Waals surface area contributed by atoms with Crippen molar-refractivity contribution < 1.29 is 14.6 Å². The monoisotopic (exact) mass is 278 g/mol. The maximum absolute atomic E-state index is 9.83. The number of rotatable bonds is 6. The highest BCUT2D eigenvalue weighted by Crippen LogP contribution is 2.18. The van der Waals surface area contributed by atoms with Crippen molar-refractivity contribution in [1.29, 1.82) is 0 Å². The SMILES string of the molecule is COC(OC)[C@@H](CC#C[Si](C)(C)C)[C@@H](O)CCl. The first-order chi connectivity index (χ1) is 7.85. The molecule has 100 valence electrons. The first-order valence-electron chi connectivity index (χ1n) is 5.65. The van der Waals surface area contributed by atoms with Gasteiger partial charge in [0.25, 0.3) is 0 Å². The van der Waals surface area contributed by atoms with Crippen LogP contribution in [0.1, 0.15) is 6.42 Å². The number of methoxy groups -OCH3 is 2. The molecular weight excluding hydrogens is 256 g/mol. The lowest BCUT2D eigenvalue weighted by Gasteiger charge is -2.26. The summed E-state index contributed by atoms with van der Waals surface area (Å²) in [5.74, 6) is 3.06. The minimum absolute atomic E-state index is 0.155. The van der Waals surface area contributed by atoms with Crippen LogP contribution in [-0.2, 0) is 9.47 Å². The average Bonchev–Trinajstić information content (AvgIpc) is 2.26. The highest BCUT2D eigenvalue weighted by Gasteiger charge is 2.27. The van der Waals surface area contributed by atoms with Crippen molar-refractivity contribution in [2.45, 2.75) is 38.5 Å². The number of alkyl halides is 1. The Balaban J connectivity index is 4.64. The summed E-state index contributed by atoms with van der Waals surface area (Å²) in [7, 11) is 1.72. The van der Waals surface area contributed by atoms with Crippen LogP contribution in [0.2, 0.25) is 19.6 Å². The minimum Gasteiger partial charge on any atom is -0.391 e. The topological polar surface area (TPSA) is 38.7 Å². The number of halogens is 1. The van der Waals surface area contributed by atoms with Crippen molar-refractivity contribution >= 4 is 19.7 Å². The molecule has 0 aromatic carbocycles. The summed E-state index contributed by atoms with van der Waals surface area (Å²) >= 11 is 5.67. The third-order valence-corrected chi connectivity index (χ3v) is 3.51. The van der Waals surface area contributed by atoms with E-state index in [0.29, 0.717) is 6.42 Å².